The molecule has 0 aliphatic carbocycles. The van der Waals surface area contributed by atoms with Crippen molar-refractivity contribution in [1.29, 1.82) is 0 Å². The van der Waals surface area contributed by atoms with Crippen molar-refractivity contribution in [2.75, 3.05) is 0 Å². The zero-order valence-corrected chi connectivity index (χ0v) is 13.5. The number of benzene rings is 1. The number of amides is 1. The van der Waals surface area contributed by atoms with Crippen LogP contribution in [0.4, 0.5) is 0 Å². The van der Waals surface area contributed by atoms with E-state index in [9.17, 15) is 4.79 Å². The topological polar surface area (TPSA) is 59.8 Å². The third-order valence-corrected chi connectivity index (χ3v) is 4.58. The maximum absolute atomic E-state index is 12.4. The summed E-state index contributed by atoms with van der Waals surface area (Å²) in [6, 6.07) is 5.97. The highest BCUT2D eigenvalue weighted by Gasteiger charge is 2.14. The molecule has 0 saturated heterocycles. The Morgan fingerprint density at radius 3 is 3.09 bits per heavy atom. The van der Waals surface area contributed by atoms with Gasteiger partial charge in [-0.1, -0.05) is 19.1 Å². The van der Waals surface area contributed by atoms with Gasteiger partial charge in [-0.05, 0) is 25.0 Å². The molecule has 1 amide bonds. The van der Waals surface area contributed by atoms with Crippen LogP contribution >= 0.6 is 11.3 Å². The zero-order valence-electron chi connectivity index (χ0n) is 12.7. The van der Waals surface area contributed by atoms with Crippen molar-refractivity contribution < 1.29 is 4.79 Å². The van der Waals surface area contributed by atoms with E-state index in [4.69, 9.17) is 0 Å². The van der Waals surface area contributed by atoms with E-state index in [0.29, 0.717) is 12.1 Å². The minimum atomic E-state index is -0.0821. The minimum Gasteiger partial charge on any atom is -0.348 e. The van der Waals surface area contributed by atoms with Gasteiger partial charge >= 0.3 is 0 Å². The van der Waals surface area contributed by atoms with E-state index in [2.05, 4.69) is 22.3 Å². The molecule has 1 aromatic carbocycles. The fraction of sp³-hybridized carbons (Fsp3) is 0.312. The van der Waals surface area contributed by atoms with Gasteiger partial charge in [-0.2, -0.15) is 5.10 Å². The number of carbonyl (C=O) groups excluding carboxylic acids is 1. The highest BCUT2D eigenvalue weighted by atomic mass is 32.1. The van der Waals surface area contributed by atoms with Gasteiger partial charge in [0.2, 0.25) is 0 Å². The molecular weight excluding hydrogens is 296 g/mol. The van der Waals surface area contributed by atoms with E-state index >= 15 is 0 Å². The van der Waals surface area contributed by atoms with Crippen LogP contribution in [0.2, 0.25) is 0 Å². The molecule has 0 saturated carbocycles. The third kappa shape index (κ3) is 2.74. The monoisotopic (exact) mass is 314 g/mol. The fourth-order valence-electron chi connectivity index (χ4n) is 2.46. The molecule has 0 aliphatic heterocycles. The summed E-state index contributed by atoms with van der Waals surface area (Å²) in [6.07, 6.45) is 2.64. The van der Waals surface area contributed by atoms with Crippen molar-refractivity contribution in [2.45, 2.75) is 33.4 Å². The van der Waals surface area contributed by atoms with Crippen LogP contribution in [0, 0.1) is 6.92 Å². The third-order valence-electron chi connectivity index (χ3n) is 3.66. The van der Waals surface area contributed by atoms with Crippen molar-refractivity contribution in [3.8, 4) is 0 Å². The molecule has 22 heavy (non-hydrogen) atoms. The molecule has 114 valence electrons. The molecular formula is C16H18N4OS. The average Bonchev–Trinajstić information content (AvgIpc) is 3.13. The largest absolute Gasteiger partial charge is 0.348 e. The predicted octanol–water partition coefficient (Wildman–Crippen LogP) is 3.14. The van der Waals surface area contributed by atoms with Crippen LogP contribution in [0.1, 0.15) is 35.0 Å². The Morgan fingerprint density at radius 2 is 2.27 bits per heavy atom. The lowest BCUT2D eigenvalue weighted by molar-refractivity contribution is 0.0950. The average molecular weight is 314 g/mol. The quantitative estimate of drug-likeness (QED) is 0.787. The summed E-state index contributed by atoms with van der Waals surface area (Å²) >= 11 is 1.60. The summed E-state index contributed by atoms with van der Waals surface area (Å²) < 4.78 is 3.00. The summed E-state index contributed by atoms with van der Waals surface area (Å²) in [5.41, 5.74) is 5.45. The van der Waals surface area contributed by atoms with Gasteiger partial charge in [0, 0.05) is 18.8 Å². The summed E-state index contributed by atoms with van der Waals surface area (Å²) in [7, 11) is 0. The van der Waals surface area contributed by atoms with Gasteiger partial charge in [-0.3, -0.25) is 9.48 Å². The molecule has 2 aromatic heterocycles. The lowest BCUT2D eigenvalue weighted by atomic mass is 10.2. The summed E-state index contributed by atoms with van der Waals surface area (Å²) in [5, 5.41) is 7.25. The normalized spacial score (nSPS) is 11.0. The number of fused-ring (bicyclic) bond motifs is 1. The van der Waals surface area contributed by atoms with E-state index in [1.807, 2.05) is 35.3 Å². The molecule has 3 rings (SSSR count). The Morgan fingerprint density at radius 1 is 1.41 bits per heavy atom. The highest BCUT2D eigenvalue weighted by Crippen LogP contribution is 2.22. The molecule has 0 bridgehead atoms. The number of carbonyl (C=O) groups is 1. The van der Waals surface area contributed by atoms with Gasteiger partial charge in [0.25, 0.3) is 5.91 Å². The lowest BCUT2D eigenvalue weighted by Crippen LogP contribution is -2.23. The summed E-state index contributed by atoms with van der Waals surface area (Å²) in [4.78, 5) is 16.6. The Hall–Kier alpha value is -2.21. The molecule has 3 aromatic rings. The molecule has 0 unspecified atom stereocenters. The van der Waals surface area contributed by atoms with Gasteiger partial charge in [0.15, 0.2) is 0 Å². The first-order valence-corrected chi connectivity index (χ1v) is 8.20. The Bertz CT molecular complexity index is 805. The number of thiazole rings is 1. The molecule has 6 heteroatoms. The number of aromatic nitrogens is 3. The second kappa shape index (κ2) is 6.27. The van der Waals surface area contributed by atoms with Crippen molar-refractivity contribution >= 4 is 27.5 Å². The second-order valence-corrected chi connectivity index (χ2v) is 6.02. The van der Waals surface area contributed by atoms with Crippen LogP contribution in [0.5, 0.6) is 0 Å². The molecule has 0 aliphatic rings. The number of nitrogens with one attached hydrogen (secondary N) is 1. The first kappa shape index (κ1) is 14.7. The van der Waals surface area contributed by atoms with E-state index in [1.165, 1.54) is 0 Å². The molecule has 1 N–H and O–H groups in total. The number of nitrogens with zero attached hydrogens (tertiary/aromatic N) is 3. The van der Waals surface area contributed by atoms with Crippen molar-refractivity contribution in [3.05, 3.63) is 46.7 Å². The van der Waals surface area contributed by atoms with Crippen LogP contribution in [0.3, 0.4) is 0 Å². The van der Waals surface area contributed by atoms with Gasteiger partial charge in [0.05, 0.1) is 27.5 Å². The lowest BCUT2D eigenvalue weighted by Gasteiger charge is -2.06. The van der Waals surface area contributed by atoms with Crippen molar-refractivity contribution in [3.63, 3.8) is 0 Å². The first-order valence-electron chi connectivity index (χ1n) is 7.32. The van der Waals surface area contributed by atoms with Gasteiger partial charge < -0.3 is 5.32 Å². The van der Waals surface area contributed by atoms with Crippen LogP contribution in [-0.2, 0) is 13.1 Å². The standard InChI is InChI=1S/C16H18N4OS/c1-3-7-20-11(2)13(9-19-20)16(21)17-8-12-5-4-6-14-15(12)22-10-18-14/h4-6,9-10H,3,7-8H2,1-2H3,(H,17,21). The SMILES string of the molecule is CCCn1ncc(C(=O)NCc2cccc3ncsc23)c1C. The van der Waals surface area contributed by atoms with Crippen molar-refractivity contribution in [2.24, 2.45) is 0 Å². The fourth-order valence-corrected chi connectivity index (χ4v) is 3.27. The highest BCUT2D eigenvalue weighted by molar-refractivity contribution is 7.16. The van der Waals surface area contributed by atoms with E-state index in [-0.39, 0.29) is 5.91 Å². The zero-order chi connectivity index (χ0) is 15.5. The minimum absolute atomic E-state index is 0.0821. The van der Waals surface area contributed by atoms with Gasteiger partial charge in [-0.25, -0.2) is 4.98 Å². The van der Waals surface area contributed by atoms with Crippen LogP contribution in [0.15, 0.2) is 29.9 Å². The summed E-state index contributed by atoms with van der Waals surface area (Å²) in [6.45, 7) is 5.36. The maximum atomic E-state index is 12.4. The van der Waals surface area contributed by atoms with Crippen LogP contribution in [0.25, 0.3) is 10.2 Å². The van der Waals surface area contributed by atoms with Crippen LogP contribution < -0.4 is 5.32 Å². The maximum Gasteiger partial charge on any atom is 0.255 e. The predicted molar refractivity (Wildman–Crippen MR) is 88.0 cm³/mol. The molecule has 0 spiro atoms. The Labute approximate surface area is 133 Å². The second-order valence-electron chi connectivity index (χ2n) is 5.17. The van der Waals surface area contributed by atoms with E-state index in [1.54, 1.807) is 17.5 Å². The first-order chi connectivity index (χ1) is 10.7. The van der Waals surface area contributed by atoms with Crippen LogP contribution in [-0.4, -0.2) is 20.7 Å². The number of rotatable bonds is 5. The molecule has 5 nitrogen and oxygen atoms in total. The van der Waals surface area contributed by atoms with Crippen molar-refractivity contribution in [1.82, 2.24) is 20.1 Å². The summed E-state index contributed by atoms with van der Waals surface area (Å²) in [5.74, 6) is -0.0821. The smallest absolute Gasteiger partial charge is 0.255 e. The number of aryl methyl sites for hydroxylation is 1. The van der Waals surface area contributed by atoms with E-state index in [0.717, 1.165) is 34.4 Å². The molecule has 0 radical (unpaired) electrons. The molecule has 0 atom stereocenters. The van der Waals surface area contributed by atoms with Gasteiger partial charge in [-0.15, -0.1) is 11.3 Å². The number of hydrogen-bond donors (Lipinski definition) is 1. The molecule has 0 fully saturated rings. The van der Waals surface area contributed by atoms with E-state index < -0.39 is 0 Å². The number of hydrogen-bond acceptors (Lipinski definition) is 4. The van der Waals surface area contributed by atoms with Gasteiger partial charge in [0.1, 0.15) is 0 Å². The Kier molecular flexibility index (Phi) is 4.20. The Balaban J connectivity index is 1.74. The molecule has 2 heterocycles.